The van der Waals surface area contributed by atoms with Crippen LogP contribution in [-0.4, -0.2) is 59.8 Å². The molecule has 3 heteroatoms. The monoisotopic (exact) mass is 230 g/mol. The summed E-state index contributed by atoms with van der Waals surface area (Å²) in [6.07, 6.45) is 1.19. The molecular weight excluding hydrogens is 200 g/mol. The molecule has 0 aromatic heterocycles. The van der Waals surface area contributed by atoms with E-state index in [4.69, 9.17) is 0 Å². The first kappa shape index (κ1) is 15.9. The Kier molecular flexibility index (Phi) is 7.98. The first-order chi connectivity index (χ1) is 7.42. The second kappa shape index (κ2) is 8.04. The number of hydrogen-bond acceptors (Lipinski definition) is 3. The maximum Gasteiger partial charge on any atom is 0.0718 e. The van der Waals surface area contributed by atoms with Gasteiger partial charge in [-0.25, -0.2) is 0 Å². The summed E-state index contributed by atoms with van der Waals surface area (Å²) in [6.45, 7) is 16.6. The fourth-order valence-electron chi connectivity index (χ4n) is 1.95. The van der Waals surface area contributed by atoms with Crippen LogP contribution in [0.1, 0.15) is 41.0 Å². The van der Waals surface area contributed by atoms with Gasteiger partial charge in [0.15, 0.2) is 0 Å². The normalized spacial score (nSPS) is 12.8. The summed E-state index contributed by atoms with van der Waals surface area (Å²) in [5, 5.41) is 9.77. The minimum Gasteiger partial charge on any atom is -0.389 e. The SMILES string of the molecule is CCN(CC)CCCN(CC)CC(C)(C)O. The average molecular weight is 230 g/mol. The van der Waals surface area contributed by atoms with E-state index in [2.05, 4.69) is 30.6 Å². The molecule has 0 fully saturated rings. The largest absolute Gasteiger partial charge is 0.389 e. The first-order valence-corrected chi connectivity index (χ1v) is 6.60. The highest BCUT2D eigenvalue weighted by Crippen LogP contribution is 2.05. The predicted octanol–water partition coefficient (Wildman–Crippen LogP) is 1.81. The number of likely N-dealkylation sites (N-methyl/N-ethyl adjacent to an activating group) is 1. The number of rotatable bonds is 9. The zero-order chi connectivity index (χ0) is 12.6. The van der Waals surface area contributed by atoms with Crippen LogP contribution >= 0.6 is 0 Å². The van der Waals surface area contributed by atoms with Crippen LogP contribution in [0.4, 0.5) is 0 Å². The van der Waals surface area contributed by atoms with Crippen molar-refractivity contribution in [1.29, 1.82) is 0 Å². The summed E-state index contributed by atoms with van der Waals surface area (Å²) in [4.78, 5) is 4.77. The molecule has 0 aromatic carbocycles. The van der Waals surface area contributed by atoms with E-state index in [9.17, 15) is 5.11 Å². The Morgan fingerprint density at radius 3 is 1.69 bits per heavy atom. The lowest BCUT2D eigenvalue weighted by atomic mass is 10.1. The Morgan fingerprint density at radius 2 is 1.31 bits per heavy atom. The van der Waals surface area contributed by atoms with Crippen molar-refractivity contribution in [2.45, 2.75) is 46.6 Å². The van der Waals surface area contributed by atoms with Crippen molar-refractivity contribution in [2.24, 2.45) is 0 Å². The van der Waals surface area contributed by atoms with Gasteiger partial charge in [-0.15, -0.1) is 0 Å². The van der Waals surface area contributed by atoms with E-state index in [1.54, 1.807) is 0 Å². The van der Waals surface area contributed by atoms with E-state index < -0.39 is 5.60 Å². The standard InChI is InChI=1S/C13H30N2O/c1-6-14(7-2)10-9-11-15(8-3)12-13(4,5)16/h16H,6-12H2,1-5H3. The van der Waals surface area contributed by atoms with Gasteiger partial charge >= 0.3 is 0 Å². The molecule has 0 saturated carbocycles. The van der Waals surface area contributed by atoms with Gasteiger partial charge in [0.25, 0.3) is 0 Å². The summed E-state index contributed by atoms with van der Waals surface area (Å²) >= 11 is 0. The molecule has 0 radical (unpaired) electrons. The van der Waals surface area contributed by atoms with Gasteiger partial charge in [0, 0.05) is 6.54 Å². The molecule has 0 rings (SSSR count). The van der Waals surface area contributed by atoms with Crippen molar-refractivity contribution in [1.82, 2.24) is 9.80 Å². The molecule has 16 heavy (non-hydrogen) atoms. The van der Waals surface area contributed by atoms with E-state index in [1.807, 2.05) is 13.8 Å². The van der Waals surface area contributed by atoms with Crippen LogP contribution in [0.25, 0.3) is 0 Å². The molecular formula is C13H30N2O. The van der Waals surface area contributed by atoms with Crippen molar-refractivity contribution in [3.8, 4) is 0 Å². The Hall–Kier alpha value is -0.120. The summed E-state index contributed by atoms with van der Waals surface area (Å²) in [6, 6.07) is 0. The van der Waals surface area contributed by atoms with Gasteiger partial charge in [0.05, 0.1) is 5.60 Å². The summed E-state index contributed by atoms with van der Waals surface area (Å²) in [7, 11) is 0. The number of nitrogens with zero attached hydrogens (tertiary/aromatic N) is 2. The van der Waals surface area contributed by atoms with Crippen LogP contribution < -0.4 is 0 Å². The minimum atomic E-state index is -0.578. The van der Waals surface area contributed by atoms with Crippen molar-refractivity contribution in [2.75, 3.05) is 39.3 Å². The highest BCUT2D eigenvalue weighted by Gasteiger charge is 2.16. The van der Waals surface area contributed by atoms with E-state index in [0.717, 1.165) is 39.3 Å². The molecule has 0 bridgehead atoms. The van der Waals surface area contributed by atoms with Crippen LogP contribution in [-0.2, 0) is 0 Å². The van der Waals surface area contributed by atoms with Gasteiger partial charge in [-0.2, -0.15) is 0 Å². The Morgan fingerprint density at radius 1 is 0.875 bits per heavy atom. The lowest BCUT2D eigenvalue weighted by Gasteiger charge is -2.28. The van der Waals surface area contributed by atoms with Gasteiger partial charge in [-0.3, -0.25) is 0 Å². The third-order valence-corrected chi connectivity index (χ3v) is 2.90. The molecule has 0 atom stereocenters. The van der Waals surface area contributed by atoms with Crippen molar-refractivity contribution in [3.05, 3.63) is 0 Å². The lowest BCUT2D eigenvalue weighted by Crippen LogP contribution is -2.39. The summed E-state index contributed by atoms with van der Waals surface area (Å²) < 4.78 is 0. The van der Waals surface area contributed by atoms with Crippen LogP contribution in [0.2, 0.25) is 0 Å². The molecule has 0 aliphatic carbocycles. The van der Waals surface area contributed by atoms with Crippen LogP contribution in [0.15, 0.2) is 0 Å². The van der Waals surface area contributed by atoms with Gasteiger partial charge in [-0.1, -0.05) is 20.8 Å². The fraction of sp³-hybridized carbons (Fsp3) is 1.00. The van der Waals surface area contributed by atoms with Crippen LogP contribution in [0.5, 0.6) is 0 Å². The molecule has 0 aromatic rings. The minimum absolute atomic E-state index is 0.578. The van der Waals surface area contributed by atoms with Crippen LogP contribution in [0.3, 0.4) is 0 Å². The Labute approximate surface area is 101 Å². The Balaban J connectivity index is 3.79. The molecule has 1 N–H and O–H groups in total. The van der Waals surface area contributed by atoms with E-state index in [0.29, 0.717) is 0 Å². The third kappa shape index (κ3) is 8.08. The molecule has 0 unspecified atom stereocenters. The molecule has 0 heterocycles. The van der Waals surface area contributed by atoms with Crippen molar-refractivity contribution in [3.63, 3.8) is 0 Å². The van der Waals surface area contributed by atoms with Crippen molar-refractivity contribution >= 4 is 0 Å². The van der Waals surface area contributed by atoms with Crippen molar-refractivity contribution < 1.29 is 5.11 Å². The van der Waals surface area contributed by atoms with Gasteiger partial charge in [0.1, 0.15) is 0 Å². The molecule has 3 nitrogen and oxygen atoms in total. The Bertz CT molecular complexity index is 162. The van der Waals surface area contributed by atoms with E-state index >= 15 is 0 Å². The molecule has 0 saturated heterocycles. The fourth-order valence-corrected chi connectivity index (χ4v) is 1.95. The topological polar surface area (TPSA) is 26.7 Å². The smallest absolute Gasteiger partial charge is 0.0718 e. The lowest BCUT2D eigenvalue weighted by molar-refractivity contribution is 0.0367. The molecule has 0 aliphatic rings. The zero-order valence-electron chi connectivity index (χ0n) is 11.8. The molecule has 98 valence electrons. The second-order valence-corrected chi connectivity index (χ2v) is 5.06. The van der Waals surface area contributed by atoms with E-state index in [-0.39, 0.29) is 0 Å². The molecule has 0 spiro atoms. The molecule has 0 amide bonds. The maximum atomic E-state index is 9.77. The van der Waals surface area contributed by atoms with Crippen LogP contribution in [0, 0.1) is 0 Å². The van der Waals surface area contributed by atoms with Gasteiger partial charge in [-0.05, 0) is 53.0 Å². The van der Waals surface area contributed by atoms with Gasteiger partial charge in [0.2, 0.25) is 0 Å². The third-order valence-electron chi connectivity index (χ3n) is 2.90. The maximum absolute atomic E-state index is 9.77. The second-order valence-electron chi connectivity index (χ2n) is 5.06. The first-order valence-electron chi connectivity index (χ1n) is 6.60. The average Bonchev–Trinajstić information content (AvgIpc) is 2.21. The zero-order valence-corrected chi connectivity index (χ0v) is 11.8. The van der Waals surface area contributed by atoms with E-state index in [1.165, 1.54) is 6.42 Å². The van der Waals surface area contributed by atoms with Gasteiger partial charge < -0.3 is 14.9 Å². The summed E-state index contributed by atoms with van der Waals surface area (Å²) in [5.41, 5.74) is -0.578. The quantitative estimate of drug-likeness (QED) is 0.654. The number of hydrogen-bond donors (Lipinski definition) is 1. The summed E-state index contributed by atoms with van der Waals surface area (Å²) in [5.74, 6) is 0. The molecule has 0 aliphatic heterocycles. The highest BCUT2D eigenvalue weighted by atomic mass is 16.3. The number of aliphatic hydroxyl groups is 1. The predicted molar refractivity (Wildman–Crippen MR) is 70.8 cm³/mol. The highest BCUT2D eigenvalue weighted by molar-refractivity contribution is 4.71.